The molecule has 0 aliphatic carbocycles. The summed E-state index contributed by atoms with van der Waals surface area (Å²) in [4.78, 5) is 14.3. The summed E-state index contributed by atoms with van der Waals surface area (Å²) in [6.07, 6.45) is 1.39. The van der Waals surface area contributed by atoms with E-state index >= 15 is 0 Å². The lowest BCUT2D eigenvalue weighted by Crippen LogP contribution is -1.93. The Morgan fingerprint density at radius 3 is 2.76 bits per heavy atom. The molecule has 2 rings (SSSR count). The molecule has 108 valence electrons. The Morgan fingerprint density at radius 2 is 2.10 bits per heavy atom. The first-order chi connectivity index (χ1) is 9.99. The van der Waals surface area contributed by atoms with Crippen molar-refractivity contribution in [2.24, 2.45) is 4.99 Å². The van der Waals surface area contributed by atoms with Gasteiger partial charge in [-0.15, -0.1) is 0 Å². The van der Waals surface area contributed by atoms with E-state index < -0.39 is 16.4 Å². The highest BCUT2D eigenvalue weighted by molar-refractivity contribution is 6.31. The average molecular weight is 305 g/mol. The van der Waals surface area contributed by atoms with Gasteiger partial charge in [0.1, 0.15) is 0 Å². The van der Waals surface area contributed by atoms with E-state index in [0.717, 1.165) is 17.2 Å². The fourth-order valence-electron chi connectivity index (χ4n) is 1.87. The molecule has 0 saturated heterocycles. The number of nitro groups is 1. The largest absolute Gasteiger partial charge is 0.502 e. The normalized spacial score (nSPS) is 11.0. The fraction of sp³-hybridized carbons (Fsp3) is 0.133. The zero-order chi connectivity index (χ0) is 15.4. The highest BCUT2D eigenvalue weighted by atomic mass is 35.5. The van der Waals surface area contributed by atoms with Gasteiger partial charge in [-0.3, -0.25) is 15.1 Å². The lowest BCUT2D eigenvalue weighted by molar-refractivity contribution is -0.385. The molecule has 0 saturated carbocycles. The molecule has 1 N–H and O–H groups in total. The first-order valence-electron chi connectivity index (χ1n) is 6.20. The van der Waals surface area contributed by atoms with Crippen LogP contribution in [0.2, 0.25) is 5.02 Å². The maximum atomic E-state index is 10.8. The second-order valence-corrected chi connectivity index (χ2v) is 4.95. The Balaban J connectivity index is 2.26. The van der Waals surface area contributed by atoms with Crippen molar-refractivity contribution in [2.45, 2.75) is 13.5 Å². The molecule has 0 heterocycles. The number of phenolic OH excluding ortho intramolecular Hbond substituents is 1. The Kier molecular flexibility index (Phi) is 4.55. The maximum absolute atomic E-state index is 10.8. The van der Waals surface area contributed by atoms with Crippen molar-refractivity contribution in [3.05, 3.63) is 68.2 Å². The summed E-state index contributed by atoms with van der Waals surface area (Å²) in [7, 11) is 0. The third-order valence-corrected chi connectivity index (χ3v) is 3.25. The molecule has 2 aromatic carbocycles. The van der Waals surface area contributed by atoms with Crippen LogP contribution < -0.4 is 0 Å². The van der Waals surface area contributed by atoms with Crippen LogP contribution in [0, 0.1) is 17.0 Å². The van der Waals surface area contributed by atoms with E-state index in [-0.39, 0.29) is 10.6 Å². The SMILES string of the molecule is Cc1ccccc1CN=Cc1cc(Cl)cc([N+](=O)[O-])c1O. The number of aromatic hydroxyl groups is 1. The lowest BCUT2D eigenvalue weighted by Gasteiger charge is -2.03. The molecule has 2 aromatic rings. The Hall–Kier alpha value is -2.40. The smallest absolute Gasteiger partial charge is 0.312 e. The van der Waals surface area contributed by atoms with Crippen LogP contribution in [-0.2, 0) is 6.54 Å². The minimum absolute atomic E-state index is 0.178. The number of nitrogens with zero attached hydrogens (tertiary/aromatic N) is 2. The molecule has 6 heteroatoms. The van der Waals surface area contributed by atoms with Crippen molar-refractivity contribution >= 4 is 23.5 Å². The van der Waals surface area contributed by atoms with Gasteiger partial charge in [0, 0.05) is 22.9 Å². The average Bonchev–Trinajstić information content (AvgIpc) is 2.44. The van der Waals surface area contributed by atoms with Gasteiger partial charge in [0.15, 0.2) is 0 Å². The van der Waals surface area contributed by atoms with Crippen molar-refractivity contribution in [3.8, 4) is 5.75 Å². The van der Waals surface area contributed by atoms with E-state index in [1.54, 1.807) is 0 Å². The third-order valence-electron chi connectivity index (χ3n) is 3.03. The van der Waals surface area contributed by atoms with Crippen molar-refractivity contribution in [1.29, 1.82) is 0 Å². The predicted molar refractivity (Wildman–Crippen MR) is 82.2 cm³/mol. The second-order valence-electron chi connectivity index (χ2n) is 4.52. The van der Waals surface area contributed by atoms with Gasteiger partial charge in [0.25, 0.3) is 0 Å². The number of phenols is 1. The molecule has 0 fully saturated rings. The third kappa shape index (κ3) is 3.58. The Bertz CT molecular complexity index is 714. The van der Waals surface area contributed by atoms with Gasteiger partial charge in [0.2, 0.25) is 5.75 Å². The van der Waals surface area contributed by atoms with Gasteiger partial charge < -0.3 is 5.11 Å². The quantitative estimate of drug-likeness (QED) is 0.529. The van der Waals surface area contributed by atoms with Crippen LogP contribution in [-0.4, -0.2) is 16.2 Å². The van der Waals surface area contributed by atoms with E-state index in [0.29, 0.717) is 6.54 Å². The Labute approximate surface area is 126 Å². The summed E-state index contributed by atoms with van der Waals surface area (Å²) < 4.78 is 0. The monoisotopic (exact) mass is 304 g/mol. The maximum Gasteiger partial charge on any atom is 0.312 e. The summed E-state index contributed by atoms with van der Waals surface area (Å²) in [5.41, 5.74) is 1.95. The highest BCUT2D eigenvalue weighted by Crippen LogP contribution is 2.32. The molecule has 0 aliphatic rings. The number of halogens is 1. The second kappa shape index (κ2) is 6.37. The minimum Gasteiger partial charge on any atom is -0.502 e. The number of aryl methyl sites for hydroxylation is 1. The van der Waals surface area contributed by atoms with E-state index in [1.165, 1.54) is 12.3 Å². The molecule has 0 radical (unpaired) electrons. The molecular weight excluding hydrogens is 292 g/mol. The van der Waals surface area contributed by atoms with Gasteiger partial charge >= 0.3 is 5.69 Å². The highest BCUT2D eigenvalue weighted by Gasteiger charge is 2.17. The fourth-order valence-corrected chi connectivity index (χ4v) is 2.09. The number of benzene rings is 2. The van der Waals surface area contributed by atoms with Crippen molar-refractivity contribution in [3.63, 3.8) is 0 Å². The minimum atomic E-state index is -0.681. The summed E-state index contributed by atoms with van der Waals surface area (Å²) in [5.74, 6) is -0.432. The van der Waals surface area contributed by atoms with E-state index in [1.807, 2.05) is 31.2 Å². The molecule has 0 aliphatic heterocycles. The summed E-state index contributed by atoms with van der Waals surface area (Å²) >= 11 is 5.81. The van der Waals surface area contributed by atoms with Gasteiger partial charge in [-0.2, -0.15) is 0 Å². The van der Waals surface area contributed by atoms with E-state index in [9.17, 15) is 15.2 Å². The topological polar surface area (TPSA) is 75.7 Å². The number of aliphatic imine (C=N–C) groups is 1. The molecule has 0 spiro atoms. The molecule has 5 nitrogen and oxygen atoms in total. The molecule has 0 bridgehead atoms. The number of hydrogen-bond acceptors (Lipinski definition) is 4. The summed E-state index contributed by atoms with van der Waals surface area (Å²) in [5, 5.41) is 20.8. The van der Waals surface area contributed by atoms with Crippen LogP contribution in [0.15, 0.2) is 41.4 Å². The molecule has 0 amide bonds. The van der Waals surface area contributed by atoms with Crippen molar-refractivity contribution in [2.75, 3.05) is 0 Å². The molecule has 0 atom stereocenters. The first kappa shape index (κ1) is 15.0. The Morgan fingerprint density at radius 1 is 1.38 bits per heavy atom. The number of nitro benzene ring substituents is 1. The van der Waals surface area contributed by atoms with E-state index in [2.05, 4.69) is 4.99 Å². The van der Waals surface area contributed by atoms with Crippen LogP contribution in [0.25, 0.3) is 0 Å². The number of rotatable bonds is 4. The van der Waals surface area contributed by atoms with Gasteiger partial charge in [-0.05, 0) is 24.1 Å². The van der Waals surface area contributed by atoms with Crippen LogP contribution >= 0.6 is 11.6 Å². The van der Waals surface area contributed by atoms with E-state index in [4.69, 9.17) is 11.6 Å². The standard InChI is InChI=1S/C15H13ClN2O3/c1-10-4-2-3-5-11(10)8-17-9-12-6-13(16)7-14(15(12)19)18(20)21/h2-7,9,19H,8H2,1H3. The predicted octanol–water partition coefficient (Wildman–Crippen LogP) is 3.88. The van der Waals surface area contributed by atoms with Gasteiger partial charge in [0.05, 0.1) is 11.5 Å². The van der Waals surface area contributed by atoms with Crippen LogP contribution in [0.3, 0.4) is 0 Å². The van der Waals surface area contributed by atoms with Crippen molar-refractivity contribution < 1.29 is 10.0 Å². The van der Waals surface area contributed by atoms with Crippen LogP contribution in [0.4, 0.5) is 5.69 Å². The zero-order valence-electron chi connectivity index (χ0n) is 11.3. The van der Waals surface area contributed by atoms with Crippen molar-refractivity contribution in [1.82, 2.24) is 0 Å². The van der Waals surface area contributed by atoms with Crippen LogP contribution in [0.1, 0.15) is 16.7 Å². The molecule has 0 unspecified atom stereocenters. The molecular formula is C15H13ClN2O3. The first-order valence-corrected chi connectivity index (χ1v) is 6.58. The summed E-state index contributed by atoms with van der Waals surface area (Å²) in [6, 6.07) is 10.3. The summed E-state index contributed by atoms with van der Waals surface area (Å²) in [6.45, 7) is 2.40. The molecule has 0 aromatic heterocycles. The van der Waals surface area contributed by atoms with Crippen LogP contribution in [0.5, 0.6) is 5.75 Å². The van der Waals surface area contributed by atoms with Gasteiger partial charge in [-0.1, -0.05) is 35.9 Å². The lowest BCUT2D eigenvalue weighted by atomic mass is 10.1. The number of hydrogen-bond donors (Lipinski definition) is 1. The molecule has 21 heavy (non-hydrogen) atoms. The van der Waals surface area contributed by atoms with Gasteiger partial charge in [-0.25, -0.2) is 0 Å². The zero-order valence-corrected chi connectivity index (χ0v) is 12.0.